The van der Waals surface area contributed by atoms with Crippen molar-refractivity contribution in [2.75, 3.05) is 14.2 Å². The Balaban J connectivity index is 1.50. The van der Waals surface area contributed by atoms with E-state index in [9.17, 15) is 0 Å². The number of fused-ring (bicyclic) bond motifs is 1. The molecule has 4 aromatic rings. The van der Waals surface area contributed by atoms with E-state index in [0.29, 0.717) is 47.3 Å². The van der Waals surface area contributed by atoms with Gasteiger partial charge in [-0.1, -0.05) is 11.2 Å². The molecule has 1 aromatic carbocycles. The summed E-state index contributed by atoms with van der Waals surface area (Å²) in [5, 5.41) is 11.8. The van der Waals surface area contributed by atoms with Gasteiger partial charge in [-0.3, -0.25) is 0 Å². The monoisotopic (exact) mass is 434 g/mol. The Morgan fingerprint density at radius 2 is 1.84 bits per heavy atom. The third kappa shape index (κ3) is 4.38. The van der Waals surface area contributed by atoms with Crippen molar-refractivity contribution in [3.63, 3.8) is 0 Å². The number of methoxy groups -OCH3 is 2. The van der Waals surface area contributed by atoms with Crippen LogP contribution in [0.2, 0.25) is 0 Å². The molecule has 3 heterocycles. The van der Waals surface area contributed by atoms with Crippen LogP contribution < -0.4 is 19.9 Å². The molecule has 0 saturated heterocycles. The van der Waals surface area contributed by atoms with Crippen LogP contribution in [0.15, 0.2) is 60.3 Å². The number of benzene rings is 1. The van der Waals surface area contributed by atoms with Gasteiger partial charge in [0.15, 0.2) is 23.0 Å². The molecular weight excluding hydrogens is 412 g/mol. The van der Waals surface area contributed by atoms with E-state index in [1.807, 2.05) is 28.8 Å². The second-order valence-electron chi connectivity index (χ2n) is 6.91. The minimum Gasteiger partial charge on any atom is -0.493 e. The van der Waals surface area contributed by atoms with Crippen molar-refractivity contribution in [2.24, 2.45) is 10.9 Å². The number of hydrogen-bond donors (Lipinski definition) is 2. The lowest BCUT2D eigenvalue weighted by atomic mass is 10.2. The fourth-order valence-electron chi connectivity index (χ4n) is 3.17. The lowest BCUT2D eigenvalue weighted by Gasteiger charge is -2.13. The highest BCUT2D eigenvalue weighted by Gasteiger charge is 2.11. The van der Waals surface area contributed by atoms with Crippen LogP contribution in [0.4, 0.5) is 0 Å². The van der Waals surface area contributed by atoms with Gasteiger partial charge in [0, 0.05) is 29.6 Å². The van der Waals surface area contributed by atoms with Crippen LogP contribution in [0.1, 0.15) is 16.7 Å². The number of ether oxygens (including phenoxy) is 3. The van der Waals surface area contributed by atoms with Crippen molar-refractivity contribution >= 4 is 17.0 Å². The van der Waals surface area contributed by atoms with Gasteiger partial charge in [0.05, 0.1) is 27.1 Å². The van der Waals surface area contributed by atoms with Crippen molar-refractivity contribution in [3.8, 4) is 17.4 Å². The number of imidazole rings is 1. The predicted octanol–water partition coefficient (Wildman–Crippen LogP) is 2.57. The summed E-state index contributed by atoms with van der Waals surface area (Å²) in [5.74, 6) is 1.79. The first-order valence-electron chi connectivity index (χ1n) is 9.68. The normalized spacial score (nSPS) is 11.5. The summed E-state index contributed by atoms with van der Waals surface area (Å²) in [6, 6.07) is 11.2. The Kier molecular flexibility index (Phi) is 6.02. The first-order chi connectivity index (χ1) is 15.6. The van der Waals surface area contributed by atoms with E-state index in [4.69, 9.17) is 25.2 Å². The van der Waals surface area contributed by atoms with E-state index < -0.39 is 0 Å². The molecule has 0 saturated carbocycles. The van der Waals surface area contributed by atoms with Crippen LogP contribution in [0.25, 0.3) is 11.2 Å². The van der Waals surface area contributed by atoms with Gasteiger partial charge >= 0.3 is 0 Å². The van der Waals surface area contributed by atoms with Crippen LogP contribution in [-0.4, -0.2) is 44.8 Å². The number of oxime groups is 1. The Bertz CT molecular complexity index is 1250. The van der Waals surface area contributed by atoms with Crippen molar-refractivity contribution in [2.45, 2.75) is 13.2 Å². The zero-order chi connectivity index (χ0) is 22.5. The van der Waals surface area contributed by atoms with Gasteiger partial charge in [0.1, 0.15) is 12.1 Å². The second-order valence-corrected chi connectivity index (χ2v) is 6.91. The molecule has 0 bridgehead atoms. The van der Waals surface area contributed by atoms with Crippen LogP contribution in [0, 0.1) is 0 Å². The van der Waals surface area contributed by atoms with E-state index in [0.717, 1.165) is 11.1 Å². The Morgan fingerprint density at radius 3 is 2.56 bits per heavy atom. The molecule has 0 radical (unpaired) electrons. The summed E-state index contributed by atoms with van der Waals surface area (Å²) < 4.78 is 18.4. The molecule has 10 nitrogen and oxygen atoms in total. The van der Waals surface area contributed by atoms with Crippen molar-refractivity contribution in [1.82, 2.24) is 19.5 Å². The molecule has 0 aliphatic heterocycles. The molecule has 10 heteroatoms. The maximum atomic E-state index is 8.84. The average molecular weight is 434 g/mol. The number of nitrogens with two attached hydrogens (primary N) is 1. The highest BCUT2D eigenvalue weighted by molar-refractivity contribution is 5.98. The number of rotatable bonds is 8. The molecule has 0 aliphatic carbocycles. The smallest absolute Gasteiger partial charge is 0.212 e. The highest BCUT2D eigenvalue weighted by atomic mass is 16.5. The van der Waals surface area contributed by atoms with Gasteiger partial charge in [-0.05, 0) is 29.8 Å². The summed E-state index contributed by atoms with van der Waals surface area (Å²) >= 11 is 0. The first kappa shape index (κ1) is 20.9. The van der Waals surface area contributed by atoms with Gasteiger partial charge in [0.25, 0.3) is 0 Å². The molecule has 0 unspecified atom stereocenters. The quantitative estimate of drug-likeness (QED) is 0.187. The summed E-state index contributed by atoms with van der Waals surface area (Å²) in [6.07, 6.45) is 4.95. The largest absolute Gasteiger partial charge is 0.493 e. The van der Waals surface area contributed by atoms with Gasteiger partial charge < -0.3 is 29.7 Å². The molecule has 32 heavy (non-hydrogen) atoms. The van der Waals surface area contributed by atoms with E-state index in [2.05, 4.69) is 20.1 Å². The zero-order valence-electron chi connectivity index (χ0n) is 17.6. The molecular formula is C22H22N6O4. The first-order valence-corrected chi connectivity index (χ1v) is 9.68. The molecule has 164 valence electrons. The van der Waals surface area contributed by atoms with Crippen LogP contribution in [-0.2, 0) is 13.2 Å². The van der Waals surface area contributed by atoms with Crippen LogP contribution in [0.3, 0.4) is 0 Å². The van der Waals surface area contributed by atoms with E-state index >= 15 is 0 Å². The van der Waals surface area contributed by atoms with Crippen molar-refractivity contribution in [1.29, 1.82) is 0 Å². The summed E-state index contributed by atoms with van der Waals surface area (Å²) in [6.45, 7) is 0.886. The number of amidine groups is 1. The fourth-order valence-corrected chi connectivity index (χ4v) is 3.17. The van der Waals surface area contributed by atoms with Gasteiger partial charge in [0.2, 0.25) is 5.88 Å². The summed E-state index contributed by atoms with van der Waals surface area (Å²) in [4.78, 5) is 12.9. The SMILES string of the molecule is COc1ccc(COc2ccc(Cn3cnc4cc(C(N)=NO)cnc43)cc2OC)cn1. The van der Waals surface area contributed by atoms with Gasteiger partial charge in [-0.15, -0.1) is 0 Å². The fraction of sp³-hybridized carbons (Fsp3) is 0.182. The minimum absolute atomic E-state index is 0.0142. The molecule has 0 aliphatic rings. The number of aromatic nitrogens is 4. The molecule has 0 spiro atoms. The zero-order valence-corrected chi connectivity index (χ0v) is 17.6. The molecule has 0 fully saturated rings. The number of pyridine rings is 2. The van der Waals surface area contributed by atoms with Gasteiger partial charge in [-0.25, -0.2) is 15.0 Å². The lowest BCUT2D eigenvalue weighted by Crippen LogP contribution is -2.13. The molecule has 4 rings (SSSR count). The summed E-state index contributed by atoms with van der Waals surface area (Å²) in [7, 11) is 3.18. The Hall–Kier alpha value is -4.34. The van der Waals surface area contributed by atoms with Crippen molar-refractivity contribution in [3.05, 3.63) is 71.8 Å². The molecule has 0 amide bonds. The average Bonchev–Trinajstić information content (AvgIpc) is 3.24. The van der Waals surface area contributed by atoms with E-state index in [1.165, 1.54) is 0 Å². The number of nitrogens with zero attached hydrogens (tertiary/aromatic N) is 5. The molecule has 3 N–H and O–H groups in total. The maximum Gasteiger partial charge on any atom is 0.212 e. The summed E-state index contributed by atoms with van der Waals surface area (Å²) in [5.41, 5.74) is 9.36. The third-order valence-corrected chi connectivity index (χ3v) is 4.84. The lowest BCUT2D eigenvalue weighted by molar-refractivity contribution is 0.283. The van der Waals surface area contributed by atoms with Crippen LogP contribution in [0.5, 0.6) is 17.4 Å². The minimum atomic E-state index is -0.0142. The molecule has 3 aromatic heterocycles. The van der Waals surface area contributed by atoms with Crippen LogP contribution >= 0.6 is 0 Å². The topological polar surface area (TPSA) is 130 Å². The van der Waals surface area contributed by atoms with E-state index in [1.54, 1.807) is 45.1 Å². The highest BCUT2D eigenvalue weighted by Crippen LogP contribution is 2.29. The third-order valence-electron chi connectivity index (χ3n) is 4.84. The Labute approximate surface area is 183 Å². The number of hydrogen-bond acceptors (Lipinski definition) is 8. The van der Waals surface area contributed by atoms with Crippen molar-refractivity contribution < 1.29 is 19.4 Å². The van der Waals surface area contributed by atoms with E-state index in [-0.39, 0.29) is 5.84 Å². The maximum absolute atomic E-state index is 8.84. The predicted molar refractivity (Wildman–Crippen MR) is 117 cm³/mol. The standard InChI is InChI=1S/C22H22N6O4/c1-30-19-7-14(3-5-18(19)32-12-15-4-6-20(31-2)24-9-15)11-28-13-26-17-8-16(21(23)27-29)10-25-22(17)28/h3-10,13,29H,11-12H2,1-2H3,(H2,23,27). The Morgan fingerprint density at radius 1 is 1.00 bits per heavy atom. The van der Waals surface area contributed by atoms with Gasteiger partial charge in [-0.2, -0.15) is 0 Å². The second kappa shape index (κ2) is 9.21. The molecule has 0 atom stereocenters.